The molecule has 8 nitrogen and oxygen atoms in total. The lowest BCUT2D eigenvalue weighted by Crippen LogP contribution is -2.23. The molecule has 0 saturated heterocycles. The predicted molar refractivity (Wildman–Crippen MR) is 116 cm³/mol. The fourth-order valence-electron chi connectivity index (χ4n) is 3.22. The van der Waals surface area contributed by atoms with Crippen molar-refractivity contribution in [3.05, 3.63) is 109 Å². The summed E-state index contributed by atoms with van der Waals surface area (Å²) in [6.07, 6.45) is 2.18. The Morgan fingerprint density at radius 1 is 1.10 bits per heavy atom. The number of aromatic nitrogens is 3. The molecule has 0 aliphatic rings. The van der Waals surface area contributed by atoms with Crippen molar-refractivity contribution in [3.63, 3.8) is 0 Å². The summed E-state index contributed by atoms with van der Waals surface area (Å²) < 4.78 is 7.53. The van der Waals surface area contributed by atoms with E-state index in [1.807, 2.05) is 30.3 Å². The normalized spacial score (nSPS) is 11.9. The third kappa shape index (κ3) is 3.74. The van der Waals surface area contributed by atoms with E-state index in [0.29, 0.717) is 38.8 Å². The number of nitro benzene ring substituents is 1. The van der Waals surface area contributed by atoms with Crippen LogP contribution in [0.4, 0.5) is 5.69 Å². The molecule has 2 aromatic carbocycles. The number of hydrogen-bond acceptors (Lipinski definition) is 7. The molecule has 0 radical (unpaired) electrons. The Morgan fingerprint density at radius 3 is 2.71 bits per heavy atom. The smallest absolute Gasteiger partial charge is 0.291 e. The molecule has 5 aromatic rings. The molecule has 0 unspecified atom stereocenters. The van der Waals surface area contributed by atoms with E-state index in [1.165, 1.54) is 28.0 Å². The van der Waals surface area contributed by atoms with Gasteiger partial charge in [-0.15, -0.1) is 5.10 Å². The number of hydrogen-bond donors (Lipinski definition) is 0. The number of non-ortho nitro benzene ring substituents is 1. The Bertz CT molecular complexity index is 1520. The summed E-state index contributed by atoms with van der Waals surface area (Å²) in [5.74, 6) is 1.53. The summed E-state index contributed by atoms with van der Waals surface area (Å²) in [7, 11) is 0. The van der Waals surface area contributed by atoms with Crippen LogP contribution in [0.1, 0.15) is 17.1 Å². The zero-order valence-electron chi connectivity index (χ0n) is 16.0. The van der Waals surface area contributed by atoms with Crippen molar-refractivity contribution in [2.75, 3.05) is 0 Å². The lowest BCUT2D eigenvalue weighted by molar-refractivity contribution is -0.384. The molecular weight excluding hydrogens is 416 g/mol. The molecule has 3 heterocycles. The minimum absolute atomic E-state index is 0.0156. The van der Waals surface area contributed by atoms with Crippen LogP contribution in [0.5, 0.6) is 0 Å². The number of thiazole rings is 1. The summed E-state index contributed by atoms with van der Waals surface area (Å²) in [4.78, 5) is 28.2. The Morgan fingerprint density at radius 2 is 1.94 bits per heavy atom. The molecule has 0 aliphatic heterocycles. The Labute approximate surface area is 178 Å². The fourth-order valence-corrected chi connectivity index (χ4v) is 4.12. The van der Waals surface area contributed by atoms with Crippen LogP contribution in [-0.2, 0) is 6.42 Å². The van der Waals surface area contributed by atoms with Crippen LogP contribution in [0, 0.1) is 10.1 Å². The van der Waals surface area contributed by atoms with Crippen LogP contribution in [0.25, 0.3) is 22.4 Å². The SMILES string of the molecule is O=c1/c(=C/c2ccc(-c3cccc([N+](=O)[O-])c3)o2)sc2nc(Cc3ccccc3)nn12. The second-order valence-corrected chi connectivity index (χ2v) is 7.82. The van der Waals surface area contributed by atoms with Gasteiger partial charge < -0.3 is 4.42 Å². The first kappa shape index (κ1) is 18.9. The quantitative estimate of drug-likeness (QED) is 0.312. The van der Waals surface area contributed by atoms with E-state index in [9.17, 15) is 14.9 Å². The average Bonchev–Trinajstić information content (AvgIpc) is 3.47. The molecule has 9 heteroatoms. The van der Waals surface area contributed by atoms with Gasteiger partial charge in [-0.3, -0.25) is 14.9 Å². The highest BCUT2D eigenvalue weighted by Gasteiger charge is 2.13. The molecule has 5 rings (SSSR count). The van der Waals surface area contributed by atoms with E-state index in [0.717, 1.165) is 5.56 Å². The van der Waals surface area contributed by atoms with Crippen molar-refractivity contribution in [2.45, 2.75) is 6.42 Å². The number of furan rings is 1. The van der Waals surface area contributed by atoms with Gasteiger partial charge in [0.2, 0.25) is 4.96 Å². The molecule has 3 aromatic heterocycles. The van der Waals surface area contributed by atoms with E-state index in [-0.39, 0.29) is 11.2 Å². The second-order valence-electron chi connectivity index (χ2n) is 6.81. The van der Waals surface area contributed by atoms with Gasteiger partial charge in [-0.1, -0.05) is 53.8 Å². The molecule has 0 N–H and O–H groups in total. The van der Waals surface area contributed by atoms with Gasteiger partial charge in [0.25, 0.3) is 11.2 Å². The van der Waals surface area contributed by atoms with Crippen LogP contribution in [-0.4, -0.2) is 19.5 Å². The maximum Gasteiger partial charge on any atom is 0.291 e. The average molecular weight is 430 g/mol. The minimum Gasteiger partial charge on any atom is -0.457 e. The highest BCUT2D eigenvalue weighted by atomic mass is 32.1. The first-order valence-electron chi connectivity index (χ1n) is 9.35. The molecular formula is C22H14N4O4S. The number of nitro groups is 1. The lowest BCUT2D eigenvalue weighted by Gasteiger charge is -1.96. The van der Waals surface area contributed by atoms with Crippen LogP contribution < -0.4 is 10.1 Å². The predicted octanol–water partition coefficient (Wildman–Crippen LogP) is 3.46. The van der Waals surface area contributed by atoms with Crippen molar-refractivity contribution in [1.82, 2.24) is 14.6 Å². The van der Waals surface area contributed by atoms with Crippen molar-refractivity contribution in [3.8, 4) is 11.3 Å². The van der Waals surface area contributed by atoms with Crippen LogP contribution in [0.3, 0.4) is 0 Å². The topological polar surface area (TPSA) is 104 Å². The van der Waals surface area contributed by atoms with Crippen molar-refractivity contribution < 1.29 is 9.34 Å². The van der Waals surface area contributed by atoms with E-state index in [2.05, 4.69) is 10.1 Å². The summed E-state index contributed by atoms with van der Waals surface area (Å²) in [6, 6.07) is 19.4. The van der Waals surface area contributed by atoms with Gasteiger partial charge in [0.15, 0.2) is 5.82 Å². The Balaban J connectivity index is 1.45. The van der Waals surface area contributed by atoms with Gasteiger partial charge in [0, 0.05) is 30.2 Å². The van der Waals surface area contributed by atoms with Crippen LogP contribution in [0.2, 0.25) is 0 Å². The summed E-state index contributed by atoms with van der Waals surface area (Å²) in [5, 5.41) is 15.3. The van der Waals surface area contributed by atoms with Gasteiger partial charge in [-0.25, -0.2) is 4.98 Å². The molecule has 0 saturated carbocycles. The van der Waals surface area contributed by atoms with Crippen molar-refractivity contribution >= 4 is 28.1 Å². The largest absolute Gasteiger partial charge is 0.457 e. The number of nitrogens with zero attached hydrogens (tertiary/aromatic N) is 4. The summed E-state index contributed by atoms with van der Waals surface area (Å²) >= 11 is 1.23. The molecule has 0 fully saturated rings. The second kappa shape index (κ2) is 7.62. The molecule has 0 atom stereocenters. The zero-order valence-corrected chi connectivity index (χ0v) is 16.8. The third-order valence-electron chi connectivity index (χ3n) is 4.67. The van der Waals surface area contributed by atoms with Gasteiger partial charge in [-0.05, 0) is 17.7 Å². The lowest BCUT2D eigenvalue weighted by atomic mass is 10.1. The zero-order chi connectivity index (χ0) is 21.4. The minimum atomic E-state index is -0.455. The van der Waals surface area contributed by atoms with Crippen molar-refractivity contribution in [1.29, 1.82) is 0 Å². The molecule has 0 aliphatic carbocycles. The molecule has 0 bridgehead atoms. The van der Waals surface area contributed by atoms with Gasteiger partial charge in [0.1, 0.15) is 16.1 Å². The van der Waals surface area contributed by atoms with Crippen LogP contribution >= 0.6 is 11.3 Å². The first-order chi connectivity index (χ1) is 15.1. The summed E-state index contributed by atoms with van der Waals surface area (Å²) in [6.45, 7) is 0. The Hall–Kier alpha value is -4.11. The third-order valence-corrected chi connectivity index (χ3v) is 5.63. The monoisotopic (exact) mass is 430 g/mol. The number of fused-ring (bicyclic) bond motifs is 1. The van der Waals surface area contributed by atoms with Crippen LogP contribution in [0.15, 0.2) is 75.9 Å². The number of benzene rings is 2. The highest BCUT2D eigenvalue weighted by Crippen LogP contribution is 2.26. The van der Waals surface area contributed by atoms with Gasteiger partial charge in [0.05, 0.1) is 4.92 Å². The van der Waals surface area contributed by atoms with Gasteiger partial charge in [-0.2, -0.15) is 4.52 Å². The first-order valence-corrected chi connectivity index (χ1v) is 10.2. The number of rotatable bonds is 5. The highest BCUT2D eigenvalue weighted by molar-refractivity contribution is 7.15. The maximum absolute atomic E-state index is 12.7. The summed E-state index contributed by atoms with van der Waals surface area (Å²) in [5.41, 5.74) is 1.38. The Kier molecular flexibility index (Phi) is 4.64. The van der Waals surface area contributed by atoms with E-state index >= 15 is 0 Å². The molecule has 152 valence electrons. The maximum atomic E-state index is 12.7. The van der Waals surface area contributed by atoms with Gasteiger partial charge >= 0.3 is 0 Å². The van der Waals surface area contributed by atoms with E-state index in [4.69, 9.17) is 4.42 Å². The standard InChI is InChI=1S/C22H14N4O4S/c27-21-19(31-22-23-20(24-25(21)22)11-14-5-2-1-3-6-14)13-17-9-10-18(30-17)15-7-4-8-16(12-15)26(28)29/h1-10,12-13H,11H2/b19-13-. The molecule has 0 amide bonds. The van der Waals surface area contributed by atoms with E-state index in [1.54, 1.807) is 30.3 Å². The molecule has 31 heavy (non-hydrogen) atoms. The van der Waals surface area contributed by atoms with E-state index < -0.39 is 4.92 Å². The fraction of sp³-hybridized carbons (Fsp3) is 0.0455. The molecule has 0 spiro atoms. The van der Waals surface area contributed by atoms with Crippen molar-refractivity contribution in [2.24, 2.45) is 0 Å².